The summed E-state index contributed by atoms with van der Waals surface area (Å²) in [5, 5.41) is 13.6. The van der Waals surface area contributed by atoms with Crippen molar-refractivity contribution in [3.05, 3.63) is 53.6 Å². The zero-order valence-corrected chi connectivity index (χ0v) is 24.0. The molecule has 0 saturated heterocycles. The predicted molar refractivity (Wildman–Crippen MR) is 147 cm³/mol. The van der Waals surface area contributed by atoms with Crippen LogP contribution in [-0.4, -0.2) is 18.6 Å². The number of aromatic hydroxyl groups is 1. The van der Waals surface area contributed by atoms with Gasteiger partial charge in [0.05, 0.1) is 8.07 Å². The van der Waals surface area contributed by atoms with Crippen LogP contribution in [0, 0.1) is 11.8 Å². The van der Waals surface area contributed by atoms with Crippen molar-refractivity contribution >= 4 is 25.0 Å². The molecule has 3 heteroatoms. The fourth-order valence-corrected chi connectivity index (χ4v) is 13.7. The van der Waals surface area contributed by atoms with Gasteiger partial charge in [-0.05, 0) is 45.7 Å². The lowest BCUT2D eigenvalue weighted by atomic mass is 9.81. The van der Waals surface area contributed by atoms with Gasteiger partial charge in [-0.3, -0.25) is 0 Å². The molecule has 2 aromatic rings. The lowest BCUT2D eigenvalue weighted by Gasteiger charge is -2.36. The van der Waals surface area contributed by atoms with Gasteiger partial charge in [-0.2, -0.15) is 0 Å². The largest absolute Gasteiger partial charge is 0.508 e. The maximum Gasteiger partial charge on any atom is 0.119 e. The first-order chi connectivity index (χ1) is 14.7. The predicted octanol–water partition coefficient (Wildman–Crippen LogP) is 8.29. The first-order valence-electron chi connectivity index (χ1n) is 12.2. The minimum absolute atomic E-state index is 0.0106. The van der Waals surface area contributed by atoms with Crippen LogP contribution in [0.25, 0.3) is 0 Å². The molecule has 0 unspecified atom stereocenters. The van der Waals surface area contributed by atoms with Crippen LogP contribution >= 0.6 is 11.8 Å². The second-order valence-corrected chi connectivity index (χ2v) is 18.3. The maximum absolute atomic E-state index is 10.9. The molecular weight excluding hydrogens is 424 g/mol. The van der Waals surface area contributed by atoms with Gasteiger partial charge in [-0.1, -0.05) is 117 Å². The third kappa shape index (κ3) is 6.90. The van der Waals surface area contributed by atoms with Gasteiger partial charge in [-0.15, -0.1) is 11.8 Å². The molecule has 1 N–H and O–H groups in total. The molecule has 0 radical (unpaired) electrons. The highest BCUT2D eigenvalue weighted by Crippen LogP contribution is 2.42. The van der Waals surface area contributed by atoms with Gasteiger partial charge >= 0.3 is 0 Å². The Balaban J connectivity index is 2.59. The van der Waals surface area contributed by atoms with E-state index in [2.05, 4.69) is 106 Å². The van der Waals surface area contributed by atoms with Gasteiger partial charge < -0.3 is 5.11 Å². The zero-order chi connectivity index (χ0) is 24.3. The summed E-state index contributed by atoms with van der Waals surface area (Å²) in [4.78, 5) is 1.35. The summed E-state index contributed by atoms with van der Waals surface area (Å²) in [6, 6.07) is 18.3. The highest BCUT2D eigenvalue weighted by molar-refractivity contribution is 8.01. The molecule has 0 heterocycles. The maximum atomic E-state index is 10.9. The highest BCUT2D eigenvalue weighted by Gasteiger charge is 2.37. The van der Waals surface area contributed by atoms with E-state index in [1.165, 1.54) is 27.9 Å². The van der Waals surface area contributed by atoms with Crippen molar-refractivity contribution in [2.75, 3.05) is 5.38 Å². The van der Waals surface area contributed by atoms with E-state index in [0.29, 0.717) is 17.6 Å². The Hall–Kier alpha value is -1.19. The molecule has 0 aliphatic heterocycles. The number of phenolic OH excluding ortho intramolecular Hbond substituents is 1. The molecule has 0 aliphatic rings. The molecule has 0 spiro atoms. The van der Waals surface area contributed by atoms with Crippen LogP contribution in [0.1, 0.15) is 80.4 Å². The summed E-state index contributed by atoms with van der Waals surface area (Å²) in [5.74, 6) is 1.81. The smallest absolute Gasteiger partial charge is 0.119 e. The molecule has 0 aromatic heterocycles. The normalized spacial score (nSPS) is 13.2. The summed E-state index contributed by atoms with van der Waals surface area (Å²) in [7, 11) is -1.74. The van der Waals surface area contributed by atoms with Gasteiger partial charge in [0.2, 0.25) is 0 Å². The van der Waals surface area contributed by atoms with Crippen LogP contribution in [0.5, 0.6) is 5.75 Å². The van der Waals surface area contributed by atoms with Crippen LogP contribution in [0.2, 0.25) is 12.1 Å². The molecule has 32 heavy (non-hydrogen) atoms. The van der Waals surface area contributed by atoms with Gasteiger partial charge in [0, 0.05) is 10.5 Å². The number of benzene rings is 2. The van der Waals surface area contributed by atoms with Gasteiger partial charge in [0.1, 0.15) is 5.75 Å². The summed E-state index contributed by atoms with van der Waals surface area (Å²) < 4.78 is 0. The fourth-order valence-electron chi connectivity index (χ4n) is 4.97. The summed E-state index contributed by atoms with van der Waals surface area (Å²) in [6.45, 7) is 22.9. The number of hydrogen-bond acceptors (Lipinski definition) is 2. The van der Waals surface area contributed by atoms with Crippen molar-refractivity contribution in [1.82, 2.24) is 0 Å². The molecule has 0 amide bonds. The van der Waals surface area contributed by atoms with Crippen LogP contribution in [0.3, 0.4) is 0 Å². The SMILES string of the molecule is CC(C)C[Si](CSc1cc(C(C)(C)C)c(O)cc1C(C)(C)C)(CC(C)C)c1ccccc1. The Kier molecular flexibility index (Phi) is 8.78. The minimum atomic E-state index is -1.74. The molecule has 2 aromatic carbocycles. The number of phenols is 1. The second-order valence-electron chi connectivity index (χ2n) is 12.5. The molecule has 0 fully saturated rings. The Labute approximate surface area is 203 Å². The fraction of sp³-hybridized carbons (Fsp3) is 0.586. The van der Waals surface area contributed by atoms with E-state index in [1.54, 1.807) is 5.19 Å². The second kappa shape index (κ2) is 10.4. The van der Waals surface area contributed by atoms with Crippen molar-refractivity contribution in [3.63, 3.8) is 0 Å². The Morgan fingerprint density at radius 1 is 0.781 bits per heavy atom. The van der Waals surface area contributed by atoms with Crippen molar-refractivity contribution in [2.45, 2.75) is 97.1 Å². The molecule has 0 saturated carbocycles. The van der Waals surface area contributed by atoms with E-state index < -0.39 is 8.07 Å². The quantitative estimate of drug-likeness (QED) is 0.309. The van der Waals surface area contributed by atoms with Crippen LogP contribution < -0.4 is 5.19 Å². The molecule has 178 valence electrons. The van der Waals surface area contributed by atoms with E-state index in [4.69, 9.17) is 0 Å². The lowest BCUT2D eigenvalue weighted by Crippen LogP contribution is -2.52. The third-order valence-electron chi connectivity index (χ3n) is 6.20. The number of rotatable bonds is 8. The molecule has 2 rings (SSSR count). The van der Waals surface area contributed by atoms with E-state index in [1.807, 2.05) is 17.8 Å². The number of hydrogen-bond donors (Lipinski definition) is 1. The van der Waals surface area contributed by atoms with Crippen LogP contribution in [0.15, 0.2) is 47.4 Å². The topological polar surface area (TPSA) is 20.2 Å². The lowest BCUT2D eigenvalue weighted by molar-refractivity contribution is 0.441. The Morgan fingerprint density at radius 2 is 1.28 bits per heavy atom. The summed E-state index contributed by atoms with van der Waals surface area (Å²) >= 11 is 2.05. The van der Waals surface area contributed by atoms with E-state index in [-0.39, 0.29) is 10.8 Å². The zero-order valence-electron chi connectivity index (χ0n) is 22.2. The first kappa shape index (κ1) is 27.1. The molecule has 0 aliphatic carbocycles. The first-order valence-corrected chi connectivity index (χ1v) is 15.8. The van der Waals surface area contributed by atoms with Gasteiger partial charge in [0.25, 0.3) is 0 Å². The van der Waals surface area contributed by atoms with Gasteiger partial charge in [0.15, 0.2) is 0 Å². The Morgan fingerprint density at radius 3 is 1.72 bits per heavy atom. The monoisotopic (exact) mass is 470 g/mol. The standard InChI is InChI=1S/C29H46OSSi/c1-21(2)18-32(19-22(3)4,23-14-12-11-13-15-23)20-31-27-17-24(28(5,6)7)26(30)16-25(27)29(8,9)10/h11-17,21-22,30H,18-20H2,1-10H3. The van der Waals surface area contributed by atoms with Crippen molar-refractivity contribution in [2.24, 2.45) is 11.8 Å². The minimum Gasteiger partial charge on any atom is -0.508 e. The average molecular weight is 471 g/mol. The van der Waals surface area contributed by atoms with E-state index >= 15 is 0 Å². The Bertz CT molecular complexity index is 863. The van der Waals surface area contributed by atoms with Gasteiger partial charge in [-0.25, -0.2) is 0 Å². The van der Waals surface area contributed by atoms with Crippen LogP contribution in [-0.2, 0) is 10.8 Å². The average Bonchev–Trinajstić information content (AvgIpc) is 2.64. The van der Waals surface area contributed by atoms with Crippen LogP contribution in [0.4, 0.5) is 0 Å². The van der Waals surface area contributed by atoms with Crippen molar-refractivity contribution in [3.8, 4) is 5.75 Å². The van der Waals surface area contributed by atoms with Crippen molar-refractivity contribution in [1.29, 1.82) is 0 Å². The number of thioether (sulfide) groups is 1. The molecule has 0 atom stereocenters. The highest BCUT2D eigenvalue weighted by atomic mass is 32.2. The molecule has 0 bridgehead atoms. The van der Waals surface area contributed by atoms with Crippen molar-refractivity contribution < 1.29 is 5.11 Å². The molecule has 1 nitrogen and oxygen atoms in total. The van der Waals surface area contributed by atoms with E-state index in [9.17, 15) is 5.11 Å². The summed E-state index contributed by atoms with van der Waals surface area (Å²) in [6.07, 6.45) is 0. The third-order valence-corrected chi connectivity index (χ3v) is 14.4. The van der Waals surface area contributed by atoms with E-state index in [0.717, 1.165) is 5.56 Å². The molecular formula is C29H46OSSi. The summed E-state index contributed by atoms with van der Waals surface area (Å²) in [5.41, 5.74) is 2.22.